The summed E-state index contributed by atoms with van der Waals surface area (Å²) in [7, 11) is 0. The van der Waals surface area contributed by atoms with Gasteiger partial charge in [0.15, 0.2) is 0 Å². The van der Waals surface area contributed by atoms with Gasteiger partial charge >= 0.3 is 6.03 Å². The third kappa shape index (κ3) is 2.70. The second kappa shape index (κ2) is 6.78. The van der Waals surface area contributed by atoms with Crippen molar-refractivity contribution in [1.82, 2.24) is 20.5 Å². The third-order valence-electron chi connectivity index (χ3n) is 5.59. The molecule has 1 aromatic heterocycles. The number of amides is 2. The van der Waals surface area contributed by atoms with Crippen molar-refractivity contribution in [2.24, 2.45) is 0 Å². The zero-order valence-electron chi connectivity index (χ0n) is 15.3. The van der Waals surface area contributed by atoms with Gasteiger partial charge in [-0.15, -0.1) is 0 Å². The van der Waals surface area contributed by atoms with E-state index in [0.29, 0.717) is 19.6 Å². The summed E-state index contributed by atoms with van der Waals surface area (Å²) in [6.07, 6.45) is 3.06. The normalized spacial score (nSPS) is 21.3. The summed E-state index contributed by atoms with van der Waals surface area (Å²) in [4.78, 5) is 17.5. The van der Waals surface area contributed by atoms with E-state index in [9.17, 15) is 9.90 Å². The monoisotopic (exact) mass is 354 g/mol. The molecule has 1 aliphatic carbocycles. The predicted octanol–water partition coefficient (Wildman–Crippen LogP) is 1.99. The Morgan fingerprint density at radius 1 is 1.35 bits per heavy atom. The van der Waals surface area contributed by atoms with Crippen LogP contribution in [0.5, 0.6) is 0 Å². The highest BCUT2D eigenvalue weighted by Gasteiger charge is 2.32. The summed E-state index contributed by atoms with van der Waals surface area (Å²) in [6, 6.07) is 6.41. The van der Waals surface area contributed by atoms with Crippen molar-refractivity contribution in [2.45, 2.75) is 39.0 Å². The van der Waals surface area contributed by atoms with Crippen LogP contribution in [0.1, 0.15) is 30.7 Å². The molecule has 4 rings (SSSR count). The van der Waals surface area contributed by atoms with Crippen molar-refractivity contribution in [3.05, 3.63) is 41.1 Å². The molecule has 0 bridgehead atoms. The first-order valence-corrected chi connectivity index (χ1v) is 9.40. The van der Waals surface area contributed by atoms with Crippen molar-refractivity contribution in [1.29, 1.82) is 0 Å². The average molecular weight is 354 g/mol. The van der Waals surface area contributed by atoms with E-state index in [1.165, 1.54) is 22.1 Å². The Morgan fingerprint density at radius 3 is 2.88 bits per heavy atom. The Kier molecular flexibility index (Phi) is 4.46. The number of carbonyl (C=O) groups excluding carboxylic acids is 1. The van der Waals surface area contributed by atoms with Crippen LogP contribution < -0.4 is 10.6 Å². The van der Waals surface area contributed by atoms with Crippen LogP contribution in [0.4, 0.5) is 4.79 Å². The van der Waals surface area contributed by atoms with E-state index in [4.69, 9.17) is 0 Å². The molecule has 0 fully saturated rings. The molecule has 0 unspecified atom stereocenters. The van der Waals surface area contributed by atoms with E-state index in [-0.39, 0.29) is 24.7 Å². The molecule has 138 valence electrons. The predicted molar refractivity (Wildman–Crippen MR) is 103 cm³/mol. The molecule has 26 heavy (non-hydrogen) atoms. The minimum Gasteiger partial charge on any atom is -0.390 e. The molecule has 2 heterocycles. The van der Waals surface area contributed by atoms with Crippen molar-refractivity contribution in [2.75, 3.05) is 19.6 Å². The van der Waals surface area contributed by atoms with Crippen molar-refractivity contribution < 1.29 is 9.90 Å². The highest BCUT2D eigenvalue weighted by molar-refractivity contribution is 5.99. The lowest BCUT2D eigenvalue weighted by Gasteiger charge is -2.35. The number of hydrogen-bond acceptors (Lipinski definition) is 3. The number of nitrogens with one attached hydrogen (secondary N) is 3. The minimum absolute atomic E-state index is 0.0176. The number of fused-ring (bicyclic) bond motifs is 2. The number of aliphatic hydroxyl groups excluding tert-OH is 1. The maximum Gasteiger partial charge on any atom is 0.317 e. The molecule has 0 radical (unpaired) electrons. The number of H-pyrrole nitrogens is 1. The van der Waals surface area contributed by atoms with E-state index >= 15 is 0 Å². The Labute approximate surface area is 153 Å². The first kappa shape index (κ1) is 17.1. The maximum absolute atomic E-state index is 12.4. The molecular weight excluding hydrogens is 328 g/mol. The summed E-state index contributed by atoms with van der Waals surface area (Å²) in [5, 5.41) is 17.6. The van der Waals surface area contributed by atoms with Gasteiger partial charge < -0.3 is 25.6 Å². The molecular formula is C20H26N4O2. The summed E-state index contributed by atoms with van der Waals surface area (Å²) < 4.78 is 0. The van der Waals surface area contributed by atoms with Gasteiger partial charge in [-0.3, -0.25) is 0 Å². The van der Waals surface area contributed by atoms with Crippen LogP contribution in [0.15, 0.2) is 24.3 Å². The lowest BCUT2D eigenvalue weighted by Crippen LogP contribution is -2.52. The van der Waals surface area contributed by atoms with Crippen LogP contribution in [0.25, 0.3) is 16.5 Å². The van der Waals surface area contributed by atoms with Crippen LogP contribution in [0, 0.1) is 0 Å². The van der Waals surface area contributed by atoms with Crippen molar-refractivity contribution in [3.8, 4) is 0 Å². The molecule has 0 saturated carbocycles. The van der Waals surface area contributed by atoms with E-state index in [1.807, 2.05) is 19.9 Å². The van der Waals surface area contributed by atoms with Gasteiger partial charge in [0.1, 0.15) is 0 Å². The first-order chi connectivity index (χ1) is 12.7. The summed E-state index contributed by atoms with van der Waals surface area (Å²) >= 11 is 0. The number of carbonyl (C=O) groups is 1. The number of benzene rings is 1. The standard InChI is InChI=1S/C20H26N4O2/c1-3-24(4-2)20(26)22-12-8-14-13-6-5-7-16-19(13)15(18(11-25)23-16)9-17(14)21-10-12/h5-8,12,17,21,23,25H,3-4,9-11H2,1-2H3,(H,22,26)/t12-,17+/m0/s1. The van der Waals surface area contributed by atoms with Gasteiger partial charge in [-0.1, -0.05) is 18.2 Å². The summed E-state index contributed by atoms with van der Waals surface area (Å²) in [6.45, 7) is 6.13. The fraction of sp³-hybridized carbons (Fsp3) is 0.450. The Bertz CT molecular complexity index is 866. The van der Waals surface area contributed by atoms with Crippen molar-refractivity contribution >= 4 is 22.5 Å². The fourth-order valence-electron chi connectivity index (χ4n) is 4.26. The maximum atomic E-state index is 12.4. The Hall–Kier alpha value is -2.31. The van der Waals surface area contributed by atoms with Gasteiger partial charge in [0.25, 0.3) is 0 Å². The number of aromatic nitrogens is 1. The number of nitrogens with zero attached hydrogens (tertiary/aromatic N) is 1. The number of aliphatic hydroxyl groups is 1. The fourth-order valence-corrected chi connectivity index (χ4v) is 4.26. The minimum atomic E-state index is -0.0255. The Morgan fingerprint density at radius 2 is 2.15 bits per heavy atom. The van der Waals surface area contributed by atoms with Gasteiger partial charge in [-0.25, -0.2) is 4.79 Å². The van der Waals surface area contributed by atoms with Crippen LogP contribution in [0.2, 0.25) is 0 Å². The van der Waals surface area contributed by atoms with Gasteiger partial charge in [0, 0.05) is 42.3 Å². The quantitative estimate of drug-likeness (QED) is 0.678. The molecule has 4 N–H and O–H groups in total. The van der Waals surface area contributed by atoms with E-state index < -0.39 is 0 Å². The van der Waals surface area contributed by atoms with Crippen molar-refractivity contribution in [3.63, 3.8) is 0 Å². The van der Waals surface area contributed by atoms with Crippen LogP contribution >= 0.6 is 0 Å². The molecule has 2 aliphatic rings. The smallest absolute Gasteiger partial charge is 0.317 e. The number of hydrogen-bond donors (Lipinski definition) is 4. The molecule has 6 nitrogen and oxygen atoms in total. The van der Waals surface area contributed by atoms with Gasteiger partial charge in [-0.2, -0.15) is 0 Å². The summed E-state index contributed by atoms with van der Waals surface area (Å²) in [5.41, 5.74) is 5.61. The van der Waals surface area contributed by atoms with Crippen LogP contribution in [-0.2, 0) is 13.0 Å². The molecule has 1 aromatic carbocycles. The third-order valence-corrected chi connectivity index (χ3v) is 5.59. The zero-order valence-corrected chi connectivity index (χ0v) is 15.3. The number of urea groups is 1. The highest BCUT2D eigenvalue weighted by atomic mass is 16.3. The second-order valence-electron chi connectivity index (χ2n) is 6.98. The van der Waals surface area contributed by atoms with E-state index in [1.54, 1.807) is 4.90 Å². The van der Waals surface area contributed by atoms with Crippen LogP contribution in [0.3, 0.4) is 0 Å². The largest absolute Gasteiger partial charge is 0.390 e. The lowest BCUT2D eigenvalue weighted by molar-refractivity contribution is 0.200. The zero-order chi connectivity index (χ0) is 18.3. The number of rotatable bonds is 4. The van der Waals surface area contributed by atoms with E-state index in [2.05, 4.69) is 33.8 Å². The molecule has 2 amide bonds. The highest BCUT2D eigenvalue weighted by Crippen LogP contribution is 2.39. The SMILES string of the molecule is CCN(CC)C(=O)N[C@H]1C=C2c3cccc4[nH]c(CO)c(c34)C[C@H]2NC1. The topological polar surface area (TPSA) is 80.4 Å². The molecule has 0 spiro atoms. The molecule has 2 atom stereocenters. The lowest BCUT2D eigenvalue weighted by atomic mass is 9.81. The van der Waals surface area contributed by atoms with Crippen LogP contribution in [-0.4, -0.2) is 52.7 Å². The molecule has 0 saturated heterocycles. The van der Waals surface area contributed by atoms with Gasteiger partial charge in [0.05, 0.1) is 12.6 Å². The molecule has 6 heteroatoms. The van der Waals surface area contributed by atoms with E-state index in [0.717, 1.165) is 17.6 Å². The first-order valence-electron chi connectivity index (χ1n) is 9.40. The molecule has 1 aliphatic heterocycles. The Balaban J connectivity index is 1.69. The van der Waals surface area contributed by atoms with Gasteiger partial charge in [0.2, 0.25) is 0 Å². The number of aromatic amines is 1. The summed E-state index contributed by atoms with van der Waals surface area (Å²) in [5.74, 6) is 0. The molecule has 2 aromatic rings. The second-order valence-corrected chi connectivity index (χ2v) is 6.98. The van der Waals surface area contributed by atoms with Gasteiger partial charge in [-0.05, 0) is 43.0 Å². The average Bonchev–Trinajstić information content (AvgIpc) is 3.02.